The van der Waals surface area contributed by atoms with Crippen LogP contribution in [0.2, 0.25) is 0 Å². The van der Waals surface area contributed by atoms with Gasteiger partial charge in [0.1, 0.15) is 11.6 Å². The van der Waals surface area contributed by atoms with Crippen LogP contribution in [0.25, 0.3) is 0 Å². The topological polar surface area (TPSA) is 60.8 Å². The highest BCUT2D eigenvalue weighted by Gasteiger charge is 2.12. The molecule has 0 saturated heterocycles. The normalized spacial score (nSPS) is 10.3. The summed E-state index contributed by atoms with van der Waals surface area (Å²) in [5.41, 5.74) is 1.32. The van der Waals surface area contributed by atoms with E-state index in [4.69, 9.17) is 5.11 Å². The lowest BCUT2D eigenvalue weighted by molar-refractivity contribution is -0.167. The lowest BCUT2D eigenvalue weighted by Gasteiger charge is -2.15. The molecule has 0 saturated carbocycles. The van der Waals surface area contributed by atoms with Crippen molar-refractivity contribution in [1.82, 2.24) is 5.06 Å². The number of amides is 1. The van der Waals surface area contributed by atoms with Gasteiger partial charge in [-0.15, -0.1) is 0 Å². The summed E-state index contributed by atoms with van der Waals surface area (Å²) in [7, 11) is 0. The Labute approximate surface area is 115 Å². The van der Waals surface area contributed by atoms with Crippen LogP contribution in [-0.4, -0.2) is 21.3 Å². The fraction of sp³-hybridized carbons (Fsp3) is 0.133. The first-order valence-electron chi connectivity index (χ1n) is 6.06. The van der Waals surface area contributed by atoms with Crippen molar-refractivity contribution in [3.63, 3.8) is 0 Å². The minimum atomic E-state index is -0.472. The Morgan fingerprint density at radius 3 is 2.15 bits per heavy atom. The van der Waals surface area contributed by atoms with Crippen molar-refractivity contribution >= 4 is 5.91 Å². The maximum atomic E-state index is 12.7. The van der Waals surface area contributed by atoms with Gasteiger partial charge in [0.05, 0.1) is 13.0 Å². The number of nitrogens with zero attached hydrogens (tertiary/aromatic N) is 1. The predicted octanol–water partition coefficient (Wildman–Crippen LogP) is 2.49. The third-order valence-corrected chi connectivity index (χ3v) is 2.83. The number of benzene rings is 2. The number of phenols is 1. The number of carbonyl (C=O) groups is 1. The first-order valence-corrected chi connectivity index (χ1v) is 6.06. The maximum Gasteiger partial charge on any atom is 0.250 e. The predicted molar refractivity (Wildman–Crippen MR) is 70.5 cm³/mol. The van der Waals surface area contributed by atoms with Gasteiger partial charge in [-0.05, 0) is 35.4 Å². The van der Waals surface area contributed by atoms with Gasteiger partial charge < -0.3 is 5.11 Å². The molecule has 1 amide bonds. The first kappa shape index (κ1) is 14.0. The molecule has 104 valence electrons. The highest BCUT2D eigenvalue weighted by molar-refractivity contribution is 5.77. The molecule has 0 heterocycles. The van der Waals surface area contributed by atoms with Gasteiger partial charge in [0, 0.05) is 0 Å². The molecule has 4 nitrogen and oxygen atoms in total. The standard InChI is InChI=1S/C15H14FNO3/c16-13-5-1-12(2-6-13)10-17(20)15(19)9-11-3-7-14(18)8-4-11/h1-8,18,20H,9-10H2. The van der Waals surface area contributed by atoms with Crippen LogP contribution in [-0.2, 0) is 17.8 Å². The molecule has 0 spiro atoms. The van der Waals surface area contributed by atoms with Crippen LogP contribution in [0.5, 0.6) is 5.75 Å². The van der Waals surface area contributed by atoms with Crippen molar-refractivity contribution in [2.75, 3.05) is 0 Å². The van der Waals surface area contributed by atoms with Gasteiger partial charge in [-0.3, -0.25) is 10.0 Å². The van der Waals surface area contributed by atoms with Crippen LogP contribution in [0.3, 0.4) is 0 Å². The number of hydrogen-bond donors (Lipinski definition) is 2. The minimum Gasteiger partial charge on any atom is -0.508 e. The number of aromatic hydroxyl groups is 1. The quantitative estimate of drug-likeness (QED) is 0.665. The molecule has 0 aliphatic heterocycles. The molecule has 0 aliphatic rings. The molecule has 2 rings (SSSR count). The molecule has 0 aliphatic carbocycles. The van der Waals surface area contributed by atoms with E-state index in [9.17, 15) is 14.4 Å². The van der Waals surface area contributed by atoms with Crippen molar-refractivity contribution in [2.24, 2.45) is 0 Å². The molecule has 2 N–H and O–H groups in total. The van der Waals surface area contributed by atoms with Crippen LogP contribution < -0.4 is 0 Å². The van der Waals surface area contributed by atoms with E-state index in [0.29, 0.717) is 16.2 Å². The van der Waals surface area contributed by atoms with Gasteiger partial charge in [0.2, 0.25) is 0 Å². The molecule has 0 aromatic heterocycles. The van der Waals surface area contributed by atoms with E-state index in [0.717, 1.165) is 0 Å². The Kier molecular flexibility index (Phi) is 4.32. The van der Waals surface area contributed by atoms with Gasteiger partial charge in [-0.1, -0.05) is 24.3 Å². The van der Waals surface area contributed by atoms with Crippen LogP contribution in [0, 0.1) is 5.82 Å². The number of hydroxylamine groups is 2. The molecular formula is C15H14FNO3. The zero-order valence-corrected chi connectivity index (χ0v) is 10.7. The van der Waals surface area contributed by atoms with E-state index >= 15 is 0 Å². The van der Waals surface area contributed by atoms with E-state index in [-0.39, 0.29) is 24.5 Å². The molecule has 20 heavy (non-hydrogen) atoms. The largest absolute Gasteiger partial charge is 0.508 e. The van der Waals surface area contributed by atoms with Crippen LogP contribution in [0.4, 0.5) is 4.39 Å². The number of carbonyl (C=O) groups excluding carboxylic acids is 1. The molecule has 0 fully saturated rings. The summed E-state index contributed by atoms with van der Waals surface area (Å²) in [5, 5.41) is 19.4. The average molecular weight is 275 g/mol. The fourth-order valence-electron chi connectivity index (χ4n) is 1.73. The number of halogens is 1. The van der Waals surface area contributed by atoms with E-state index in [1.54, 1.807) is 12.1 Å². The third kappa shape index (κ3) is 3.80. The molecule has 0 unspecified atom stereocenters. The summed E-state index contributed by atoms with van der Waals surface area (Å²) in [6.07, 6.45) is 0.0258. The number of rotatable bonds is 4. The van der Waals surface area contributed by atoms with Crippen molar-refractivity contribution in [2.45, 2.75) is 13.0 Å². The molecule has 0 bridgehead atoms. The van der Waals surface area contributed by atoms with Gasteiger partial charge in [-0.2, -0.15) is 0 Å². The van der Waals surface area contributed by atoms with Gasteiger partial charge in [0.15, 0.2) is 0 Å². The molecule has 5 heteroatoms. The molecule has 2 aromatic carbocycles. The van der Waals surface area contributed by atoms with Gasteiger partial charge in [0.25, 0.3) is 5.91 Å². The Balaban J connectivity index is 1.94. The second-order valence-electron chi connectivity index (χ2n) is 4.42. The Hall–Kier alpha value is -2.40. The van der Waals surface area contributed by atoms with Crippen LogP contribution in [0.15, 0.2) is 48.5 Å². The van der Waals surface area contributed by atoms with Crippen LogP contribution in [0.1, 0.15) is 11.1 Å². The number of phenolic OH excluding ortho intramolecular Hbond substituents is 1. The minimum absolute atomic E-state index is 0.00278. The summed E-state index contributed by atoms with van der Waals surface area (Å²) < 4.78 is 12.7. The smallest absolute Gasteiger partial charge is 0.250 e. The van der Waals surface area contributed by atoms with Crippen molar-refractivity contribution in [3.8, 4) is 5.75 Å². The molecule has 2 aromatic rings. The van der Waals surface area contributed by atoms with Gasteiger partial charge >= 0.3 is 0 Å². The SMILES string of the molecule is O=C(Cc1ccc(O)cc1)N(O)Cc1ccc(F)cc1. The maximum absolute atomic E-state index is 12.7. The highest BCUT2D eigenvalue weighted by atomic mass is 19.1. The molecular weight excluding hydrogens is 261 g/mol. The second-order valence-corrected chi connectivity index (χ2v) is 4.42. The fourth-order valence-corrected chi connectivity index (χ4v) is 1.73. The second kappa shape index (κ2) is 6.16. The van der Waals surface area contributed by atoms with Crippen LogP contribution >= 0.6 is 0 Å². The summed E-state index contributed by atoms with van der Waals surface area (Å²) in [4.78, 5) is 11.8. The molecule has 0 atom stereocenters. The lowest BCUT2D eigenvalue weighted by atomic mass is 10.1. The molecule has 0 radical (unpaired) electrons. The van der Waals surface area contributed by atoms with E-state index in [1.165, 1.54) is 36.4 Å². The summed E-state index contributed by atoms with van der Waals surface area (Å²) in [6.45, 7) is -0.00278. The average Bonchev–Trinajstić information content (AvgIpc) is 2.44. The zero-order valence-electron chi connectivity index (χ0n) is 10.7. The summed E-state index contributed by atoms with van der Waals surface area (Å²) in [6, 6.07) is 11.7. The zero-order chi connectivity index (χ0) is 14.5. The van der Waals surface area contributed by atoms with Crippen molar-refractivity contribution in [1.29, 1.82) is 0 Å². The monoisotopic (exact) mass is 275 g/mol. The third-order valence-electron chi connectivity index (χ3n) is 2.83. The Bertz CT molecular complexity index is 581. The van der Waals surface area contributed by atoms with Gasteiger partial charge in [-0.25, -0.2) is 9.45 Å². The summed E-state index contributed by atoms with van der Waals surface area (Å²) >= 11 is 0. The van der Waals surface area contributed by atoms with Crippen molar-refractivity contribution in [3.05, 3.63) is 65.5 Å². The Morgan fingerprint density at radius 2 is 1.55 bits per heavy atom. The first-order chi connectivity index (χ1) is 9.54. The van der Waals surface area contributed by atoms with Crippen molar-refractivity contribution < 1.29 is 19.5 Å². The number of hydrogen-bond acceptors (Lipinski definition) is 3. The van der Waals surface area contributed by atoms with E-state index in [1.807, 2.05) is 0 Å². The van der Waals surface area contributed by atoms with E-state index < -0.39 is 5.91 Å². The summed E-state index contributed by atoms with van der Waals surface area (Å²) in [5.74, 6) is -0.720. The lowest BCUT2D eigenvalue weighted by Crippen LogP contribution is -2.28. The van der Waals surface area contributed by atoms with E-state index in [2.05, 4.69) is 0 Å². The highest BCUT2D eigenvalue weighted by Crippen LogP contribution is 2.12. The Morgan fingerprint density at radius 1 is 1.00 bits per heavy atom.